The molecule has 0 spiro atoms. The van der Waals surface area contributed by atoms with Gasteiger partial charge in [-0.15, -0.1) is 0 Å². The number of nitrogens with one attached hydrogen (secondary N) is 1. The van der Waals surface area contributed by atoms with Gasteiger partial charge in [0, 0.05) is 37.2 Å². The third-order valence-electron chi connectivity index (χ3n) is 5.79. The quantitative estimate of drug-likeness (QED) is 0.523. The van der Waals surface area contributed by atoms with E-state index in [0.717, 1.165) is 28.1 Å². The fourth-order valence-corrected chi connectivity index (χ4v) is 3.77. The van der Waals surface area contributed by atoms with Gasteiger partial charge in [0.2, 0.25) is 5.91 Å². The highest BCUT2D eigenvalue weighted by atomic mass is 16.2. The van der Waals surface area contributed by atoms with Crippen LogP contribution in [0.5, 0.6) is 0 Å². The zero-order valence-corrected chi connectivity index (χ0v) is 20.2. The Labute approximate surface area is 196 Å². The van der Waals surface area contributed by atoms with Crippen LogP contribution < -0.4 is 5.32 Å². The van der Waals surface area contributed by atoms with Crippen molar-refractivity contribution in [3.05, 3.63) is 89.2 Å². The number of nitrogens with zero attached hydrogens (tertiary/aromatic N) is 3. The van der Waals surface area contributed by atoms with E-state index in [2.05, 4.69) is 5.32 Å². The Morgan fingerprint density at radius 2 is 1.70 bits per heavy atom. The van der Waals surface area contributed by atoms with Crippen molar-refractivity contribution >= 4 is 17.6 Å². The summed E-state index contributed by atoms with van der Waals surface area (Å²) in [6.45, 7) is 8.80. The Morgan fingerprint density at radius 1 is 0.970 bits per heavy atom. The lowest BCUT2D eigenvalue weighted by molar-refractivity contribution is -0.133. The van der Waals surface area contributed by atoms with E-state index in [9.17, 15) is 9.59 Å². The molecular formula is C27H34N4O2. The minimum Gasteiger partial charge on any atom is -0.353 e. The average molecular weight is 447 g/mol. The van der Waals surface area contributed by atoms with Crippen molar-refractivity contribution in [2.24, 2.45) is 7.05 Å². The van der Waals surface area contributed by atoms with E-state index in [-0.39, 0.29) is 24.5 Å². The topological polar surface area (TPSA) is 57.6 Å². The summed E-state index contributed by atoms with van der Waals surface area (Å²) in [7, 11) is 1.97. The lowest BCUT2D eigenvalue weighted by Gasteiger charge is -2.30. The summed E-state index contributed by atoms with van der Waals surface area (Å²) in [5.74, 6) is -0.0930. The fourth-order valence-electron chi connectivity index (χ4n) is 3.77. The first-order valence-corrected chi connectivity index (χ1v) is 11.3. The molecule has 0 fully saturated rings. The Kier molecular flexibility index (Phi) is 7.93. The van der Waals surface area contributed by atoms with Crippen LogP contribution in [0.3, 0.4) is 0 Å². The number of hydrogen-bond acceptors (Lipinski definition) is 2. The summed E-state index contributed by atoms with van der Waals surface area (Å²) in [6, 6.07) is 19.4. The van der Waals surface area contributed by atoms with Gasteiger partial charge in [-0.05, 0) is 57.0 Å². The second-order valence-corrected chi connectivity index (χ2v) is 8.82. The second-order valence-electron chi connectivity index (χ2n) is 8.82. The zero-order chi connectivity index (χ0) is 24.0. The maximum atomic E-state index is 13.5. The molecule has 1 N–H and O–H groups in total. The van der Waals surface area contributed by atoms with Gasteiger partial charge in [-0.25, -0.2) is 4.79 Å². The van der Waals surface area contributed by atoms with Crippen molar-refractivity contribution in [2.45, 2.75) is 46.8 Å². The number of aryl methyl sites for hydroxylation is 3. The Bertz CT molecular complexity index is 1090. The molecule has 3 rings (SSSR count). The van der Waals surface area contributed by atoms with Crippen LogP contribution in [0.4, 0.5) is 10.5 Å². The smallest absolute Gasteiger partial charge is 0.322 e. The van der Waals surface area contributed by atoms with Crippen LogP contribution >= 0.6 is 0 Å². The van der Waals surface area contributed by atoms with Gasteiger partial charge >= 0.3 is 6.03 Å². The molecular weight excluding hydrogens is 412 g/mol. The standard InChI is InChI=1S/C27H34N4O2/c1-20(2)31(27(33)28-25-14-13-21(3)16-22(25)4)19-26(32)30(17-23-10-7-6-8-11-23)18-24-12-9-15-29(24)5/h6-16,20H,17-19H2,1-5H3,(H,28,33). The zero-order valence-electron chi connectivity index (χ0n) is 20.2. The molecule has 0 unspecified atom stereocenters. The lowest BCUT2D eigenvalue weighted by atomic mass is 10.1. The summed E-state index contributed by atoms with van der Waals surface area (Å²) in [4.78, 5) is 30.0. The second kappa shape index (κ2) is 10.9. The molecule has 3 amide bonds. The molecule has 0 saturated heterocycles. The normalized spacial score (nSPS) is 10.8. The predicted molar refractivity (Wildman–Crippen MR) is 133 cm³/mol. The number of amides is 3. The fraction of sp³-hybridized carbons (Fsp3) is 0.333. The van der Waals surface area contributed by atoms with Crippen molar-refractivity contribution in [3.63, 3.8) is 0 Å². The van der Waals surface area contributed by atoms with Gasteiger partial charge in [0.25, 0.3) is 0 Å². The lowest BCUT2D eigenvalue weighted by Crippen LogP contribution is -2.47. The largest absolute Gasteiger partial charge is 0.353 e. The first-order valence-electron chi connectivity index (χ1n) is 11.3. The Balaban J connectivity index is 1.77. The maximum Gasteiger partial charge on any atom is 0.322 e. The summed E-state index contributed by atoms with van der Waals surface area (Å²) in [6.07, 6.45) is 1.97. The third kappa shape index (κ3) is 6.48. The molecule has 0 saturated carbocycles. The van der Waals surface area contributed by atoms with Gasteiger partial charge < -0.3 is 19.7 Å². The van der Waals surface area contributed by atoms with Crippen molar-refractivity contribution in [1.29, 1.82) is 0 Å². The molecule has 0 aliphatic rings. The SMILES string of the molecule is Cc1ccc(NC(=O)N(CC(=O)N(Cc2ccccc2)Cc2cccn2C)C(C)C)c(C)c1. The number of carbonyl (C=O) groups excluding carboxylic acids is 2. The minimum atomic E-state index is -0.274. The van der Waals surface area contributed by atoms with Gasteiger partial charge in [-0.3, -0.25) is 4.79 Å². The highest BCUT2D eigenvalue weighted by Gasteiger charge is 2.24. The van der Waals surface area contributed by atoms with E-state index in [1.807, 2.05) is 111 Å². The first kappa shape index (κ1) is 24.1. The number of rotatable bonds is 8. The number of urea groups is 1. The molecule has 3 aromatic rings. The van der Waals surface area contributed by atoms with E-state index in [1.165, 1.54) is 0 Å². The molecule has 0 bridgehead atoms. The van der Waals surface area contributed by atoms with E-state index < -0.39 is 0 Å². The number of benzene rings is 2. The summed E-state index contributed by atoms with van der Waals surface area (Å²) in [5.41, 5.74) is 4.98. The van der Waals surface area contributed by atoms with Crippen LogP contribution in [-0.4, -0.2) is 38.9 Å². The molecule has 33 heavy (non-hydrogen) atoms. The molecule has 2 aromatic carbocycles. The highest BCUT2D eigenvalue weighted by Crippen LogP contribution is 2.18. The highest BCUT2D eigenvalue weighted by molar-refractivity contribution is 5.93. The van der Waals surface area contributed by atoms with Gasteiger partial charge in [-0.1, -0.05) is 48.0 Å². The first-order chi connectivity index (χ1) is 15.7. The number of aromatic nitrogens is 1. The maximum absolute atomic E-state index is 13.5. The van der Waals surface area contributed by atoms with Gasteiger partial charge in [0.15, 0.2) is 0 Å². The molecule has 1 heterocycles. The molecule has 6 heteroatoms. The Hall–Kier alpha value is -3.54. The number of carbonyl (C=O) groups is 2. The van der Waals surface area contributed by atoms with Gasteiger partial charge in [-0.2, -0.15) is 0 Å². The molecule has 0 atom stereocenters. The summed E-state index contributed by atoms with van der Waals surface area (Å²) in [5, 5.41) is 2.98. The molecule has 0 radical (unpaired) electrons. The van der Waals surface area contributed by atoms with E-state index in [1.54, 1.807) is 4.90 Å². The molecule has 0 aliphatic heterocycles. The van der Waals surface area contributed by atoms with E-state index >= 15 is 0 Å². The van der Waals surface area contributed by atoms with Crippen LogP contribution in [-0.2, 0) is 24.9 Å². The van der Waals surface area contributed by atoms with Gasteiger partial charge in [0.1, 0.15) is 6.54 Å². The van der Waals surface area contributed by atoms with Crippen molar-refractivity contribution in [1.82, 2.24) is 14.4 Å². The molecule has 1 aromatic heterocycles. The number of hydrogen-bond donors (Lipinski definition) is 1. The summed E-state index contributed by atoms with van der Waals surface area (Å²) >= 11 is 0. The van der Waals surface area contributed by atoms with Crippen molar-refractivity contribution in [3.8, 4) is 0 Å². The van der Waals surface area contributed by atoms with Crippen LogP contribution in [0, 0.1) is 13.8 Å². The predicted octanol–water partition coefficient (Wildman–Crippen LogP) is 5.11. The van der Waals surface area contributed by atoms with E-state index in [0.29, 0.717) is 13.1 Å². The monoisotopic (exact) mass is 446 g/mol. The van der Waals surface area contributed by atoms with E-state index in [4.69, 9.17) is 0 Å². The average Bonchev–Trinajstić information content (AvgIpc) is 3.18. The van der Waals surface area contributed by atoms with Gasteiger partial charge in [0.05, 0.1) is 6.54 Å². The molecule has 174 valence electrons. The van der Waals surface area contributed by atoms with Crippen LogP contribution in [0.2, 0.25) is 0 Å². The Morgan fingerprint density at radius 3 is 2.30 bits per heavy atom. The molecule has 6 nitrogen and oxygen atoms in total. The van der Waals surface area contributed by atoms with Crippen molar-refractivity contribution in [2.75, 3.05) is 11.9 Å². The van der Waals surface area contributed by atoms with Crippen molar-refractivity contribution < 1.29 is 9.59 Å². The molecule has 0 aliphatic carbocycles. The third-order valence-corrected chi connectivity index (χ3v) is 5.79. The summed E-state index contributed by atoms with van der Waals surface area (Å²) < 4.78 is 2.01. The van der Waals surface area contributed by atoms with Crippen LogP contribution in [0.1, 0.15) is 36.2 Å². The van der Waals surface area contributed by atoms with Crippen LogP contribution in [0.25, 0.3) is 0 Å². The van der Waals surface area contributed by atoms with Crippen LogP contribution in [0.15, 0.2) is 66.9 Å². The number of anilines is 1. The minimum absolute atomic E-state index is 0.00562.